The van der Waals surface area contributed by atoms with Crippen LogP contribution in [0.1, 0.15) is 88.6 Å². The van der Waals surface area contributed by atoms with Crippen LogP contribution in [0, 0.1) is 11.8 Å². The van der Waals surface area contributed by atoms with Gasteiger partial charge in [0, 0.05) is 62.2 Å². The number of nitrogens with zero attached hydrogens (tertiary/aromatic N) is 3. The number of rotatable bonds is 18. The first-order chi connectivity index (χ1) is 22.2. The van der Waals surface area contributed by atoms with Gasteiger partial charge in [-0.25, -0.2) is 0 Å². The van der Waals surface area contributed by atoms with E-state index in [1.165, 1.54) is 79.8 Å². The van der Waals surface area contributed by atoms with Gasteiger partial charge in [0.15, 0.2) is 0 Å². The molecule has 3 aliphatic heterocycles. The van der Waals surface area contributed by atoms with E-state index in [-0.39, 0.29) is 5.41 Å². The molecule has 3 heterocycles. The van der Waals surface area contributed by atoms with Crippen molar-refractivity contribution in [3.63, 3.8) is 0 Å². The topological polar surface area (TPSA) is 18.3 Å². The fourth-order valence-corrected chi connectivity index (χ4v) is 7.33. The average Bonchev–Trinajstić information content (AvgIpc) is 4.03. The SMILES string of the molecule is CC(CCc1ccc(C(C)(c2ccc(CCCCN3CC3C)cc2)c2ccc(OCC(C)CN3CC3C)cc2)cc1)CN1CC1C. The number of hydrogen-bond donors (Lipinski definition) is 0. The van der Waals surface area contributed by atoms with Crippen molar-refractivity contribution in [3.8, 4) is 5.75 Å². The van der Waals surface area contributed by atoms with Gasteiger partial charge in [-0.05, 0) is 112 Å². The summed E-state index contributed by atoms with van der Waals surface area (Å²) in [4.78, 5) is 7.66. The predicted octanol–water partition coefficient (Wildman–Crippen LogP) is 8.06. The van der Waals surface area contributed by atoms with Gasteiger partial charge in [0.2, 0.25) is 0 Å². The Kier molecular flexibility index (Phi) is 10.6. The molecule has 0 bridgehead atoms. The van der Waals surface area contributed by atoms with Crippen LogP contribution in [0.5, 0.6) is 5.75 Å². The van der Waals surface area contributed by atoms with E-state index in [1.807, 2.05) is 0 Å². The second-order valence-electron chi connectivity index (χ2n) is 15.5. The Balaban J connectivity index is 1.14. The molecule has 6 rings (SSSR count). The number of unbranched alkanes of at least 4 members (excludes halogenated alkanes) is 1. The molecular weight excluding hydrogens is 562 g/mol. The standard InChI is InChI=1S/C42H59N3O/c1-31(25-44-28-34(44)4)10-11-37-14-18-39(19-15-37)42(6,38-16-12-36(13-17-38)9-7-8-24-43-27-33(43)3)40-20-22-41(23-21-40)46-30-32(2)26-45-29-35(45)5/h12-23,31-35H,7-11,24-30H2,1-6H3. The molecule has 248 valence electrons. The van der Waals surface area contributed by atoms with Crippen molar-refractivity contribution in [1.82, 2.24) is 14.7 Å². The van der Waals surface area contributed by atoms with Gasteiger partial charge in [-0.2, -0.15) is 0 Å². The fourth-order valence-electron chi connectivity index (χ4n) is 7.33. The number of ether oxygens (including phenoxy) is 1. The first-order valence-electron chi connectivity index (χ1n) is 18.3. The molecule has 4 nitrogen and oxygen atoms in total. The van der Waals surface area contributed by atoms with E-state index in [0.717, 1.165) is 55.8 Å². The zero-order valence-electron chi connectivity index (χ0n) is 29.6. The summed E-state index contributed by atoms with van der Waals surface area (Å²) in [5, 5.41) is 0. The predicted molar refractivity (Wildman–Crippen MR) is 193 cm³/mol. The minimum Gasteiger partial charge on any atom is -0.493 e. The smallest absolute Gasteiger partial charge is 0.119 e. The Hall–Kier alpha value is -2.66. The lowest BCUT2D eigenvalue weighted by Gasteiger charge is -2.32. The third-order valence-electron chi connectivity index (χ3n) is 11.2. The van der Waals surface area contributed by atoms with Crippen LogP contribution in [-0.4, -0.2) is 78.7 Å². The second-order valence-corrected chi connectivity index (χ2v) is 15.5. The summed E-state index contributed by atoms with van der Waals surface area (Å²) in [5.74, 6) is 2.23. The molecule has 0 radical (unpaired) electrons. The normalized spacial score (nSPS) is 27.4. The lowest BCUT2D eigenvalue weighted by molar-refractivity contribution is 0.238. The first kappa shape index (κ1) is 33.2. The Morgan fingerprint density at radius 3 is 1.59 bits per heavy atom. The van der Waals surface area contributed by atoms with Crippen LogP contribution < -0.4 is 4.74 Å². The highest BCUT2D eigenvalue weighted by Crippen LogP contribution is 2.40. The second kappa shape index (κ2) is 14.6. The van der Waals surface area contributed by atoms with Crippen LogP contribution >= 0.6 is 0 Å². The Morgan fingerprint density at radius 2 is 1.09 bits per heavy atom. The molecule has 3 fully saturated rings. The van der Waals surface area contributed by atoms with Crippen LogP contribution in [0.4, 0.5) is 0 Å². The van der Waals surface area contributed by atoms with Crippen molar-refractivity contribution in [3.05, 3.63) is 101 Å². The van der Waals surface area contributed by atoms with Crippen molar-refractivity contribution in [2.75, 3.05) is 45.9 Å². The average molecular weight is 622 g/mol. The molecule has 0 amide bonds. The summed E-state index contributed by atoms with van der Waals surface area (Å²) >= 11 is 0. The molecule has 3 aromatic carbocycles. The third-order valence-corrected chi connectivity index (χ3v) is 11.2. The van der Waals surface area contributed by atoms with Crippen LogP contribution in [0.2, 0.25) is 0 Å². The molecule has 3 aromatic rings. The molecular formula is C42H59N3O. The zero-order chi connectivity index (χ0) is 32.3. The Bertz CT molecular complexity index is 1310. The van der Waals surface area contributed by atoms with Gasteiger partial charge in [-0.15, -0.1) is 0 Å². The molecule has 0 spiro atoms. The van der Waals surface area contributed by atoms with Crippen LogP contribution in [0.25, 0.3) is 0 Å². The summed E-state index contributed by atoms with van der Waals surface area (Å²) in [6.45, 7) is 22.2. The summed E-state index contributed by atoms with van der Waals surface area (Å²) in [7, 11) is 0. The van der Waals surface area contributed by atoms with Gasteiger partial charge < -0.3 is 4.74 Å². The van der Waals surface area contributed by atoms with Crippen LogP contribution in [-0.2, 0) is 18.3 Å². The van der Waals surface area contributed by atoms with Crippen molar-refractivity contribution in [2.45, 2.75) is 97.2 Å². The van der Waals surface area contributed by atoms with Crippen LogP contribution in [0.15, 0.2) is 72.8 Å². The van der Waals surface area contributed by atoms with Gasteiger partial charge in [-0.1, -0.05) is 74.5 Å². The molecule has 9 atom stereocenters. The third kappa shape index (κ3) is 8.62. The maximum Gasteiger partial charge on any atom is 0.119 e. The molecule has 0 aromatic heterocycles. The summed E-state index contributed by atoms with van der Waals surface area (Å²) < 4.78 is 6.26. The maximum atomic E-state index is 6.26. The molecule has 3 saturated heterocycles. The number of hydrogen-bond acceptors (Lipinski definition) is 4. The molecule has 9 unspecified atom stereocenters. The molecule has 0 N–H and O–H groups in total. The van der Waals surface area contributed by atoms with E-state index in [9.17, 15) is 0 Å². The van der Waals surface area contributed by atoms with Crippen LogP contribution in [0.3, 0.4) is 0 Å². The molecule has 3 aliphatic rings. The lowest BCUT2D eigenvalue weighted by Crippen LogP contribution is -2.25. The molecule has 0 saturated carbocycles. The minimum atomic E-state index is -0.254. The molecule has 0 aliphatic carbocycles. The Labute approximate surface area is 280 Å². The highest BCUT2D eigenvalue weighted by molar-refractivity contribution is 5.51. The van der Waals surface area contributed by atoms with Crippen molar-refractivity contribution in [1.29, 1.82) is 0 Å². The van der Waals surface area contributed by atoms with Gasteiger partial charge in [0.25, 0.3) is 0 Å². The van der Waals surface area contributed by atoms with Gasteiger partial charge >= 0.3 is 0 Å². The Morgan fingerprint density at radius 1 is 0.630 bits per heavy atom. The molecule has 46 heavy (non-hydrogen) atoms. The van der Waals surface area contributed by atoms with E-state index in [1.54, 1.807) is 0 Å². The highest BCUT2D eigenvalue weighted by Gasteiger charge is 2.33. The van der Waals surface area contributed by atoms with E-state index < -0.39 is 0 Å². The maximum absolute atomic E-state index is 6.26. The minimum absolute atomic E-state index is 0.254. The highest BCUT2D eigenvalue weighted by atomic mass is 16.5. The van der Waals surface area contributed by atoms with E-state index in [2.05, 4.69) is 129 Å². The number of benzene rings is 3. The summed E-state index contributed by atoms with van der Waals surface area (Å²) in [6, 6.07) is 30.3. The number of aryl methyl sites for hydroxylation is 2. The van der Waals surface area contributed by atoms with Crippen molar-refractivity contribution < 1.29 is 4.74 Å². The van der Waals surface area contributed by atoms with E-state index in [4.69, 9.17) is 4.74 Å². The molecule has 4 heteroatoms. The summed E-state index contributed by atoms with van der Waals surface area (Å²) in [6.07, 6.45) is 6.09. The lowest BCUT2D eigenvalue weighted by atomic mass is 9.70. The zero-order valence-corrected chi connectivity index (χ0v) is 29.6. The largest absolute Gasteiger partial charge is 0.493 e. The quantitative estimate of drug-likeness (QED) is 0.0812. The summed E-state index contributed by atoms with van der Waals surface area (Å²) in [5.41, 5.74) is 6.63. The van der Waals surface area contributed by atoms with Crippen molar-refractivity contribution in [2.24, 2.45) is 11.8 Å². The first-order valence-corrected chi connectivity index (χ1v) is 18.3. The van der Waals surface area contributed by atoms with Gasteiger partial charge in [-0.3, -0.25) is 14.7 Å². The van der Waals surface area contributed by atoms with Crippen molar-refractivity contribution >= 4 is 0 Å². The van der Waals surface area contributed by atoms with Gasteiger partial charge in [0.1, 0.15) is 5.75 Å². The van der Waals surface area contributed by atoms with E-state index in [0.29, 0.717) is 5.92 Å². The van der Waals surface area contributed by atoms with Gasteiger partial charge in [0.05, 0.1) is 6.61 Å². The fraction of sp³-hybridized carbons (Fsp3) is 0.571. The monoisotopic (exact) mass is 621 g/mol. The van der Waals surface area contributed by atoms with E-state index >= 15 is 0 Å².